The van der Waals surface area contributed by atoms with Gasteiger partial charge in [0.05, 0.1) is 31.6 Å². The molecule has 1 atom stereocenters. The molecular formula is C33H39N3O7S. The van der Waals surface area contributed by atoms with Crippen molar-refractivity contribution < 1.29 is 33.3 Å². The normalized spacial score (nSPS) is 13.1. The number of carbonyl (C=O) groups excluding carboxylic acids is 3. The van der Waals surface area contributed by atoms with Crippen molar-refractivity contribution in [1.82, 2.24) is 5.43 Å². The second-order valence-electron chi connectivity index (χ2n) is 10.1. The van der Waals surface area contributed by atoms with Gasteiger partial charge in [-0.05, 0) is 106 Å². The highest BCUT2D eigenvalue weighted by atomic mass is 32.1. The molecule has 234 valence electrons. The van der Waals surface area contributed by atoms with Gasteiger partial charge in [0.2, 0.25) is 0 Å². The van der Waals surface area contributed by atoms with E-state index < -0.39 is 18.0 Å². The predicted octanol–water partition coefficient (Wildman–Crippen LogP) is 6.16. The maximum absolute atomic E-state index is 13.1. The predicted molar refractivity (Wildman–Crippen MR) is 171 cm³/mol. The molecule has 11 heteroatoms. The highest BCUT2D eigenvalue weighted by Crippen LogP contribution is 2.39. The molecule has 3 aromatic rings. The van der Waals surface area contributed by atoms with Crippen molar-refractivity contribution in [2.75, 3.05) is 25.1 Å². The van der Waals surface area contributed by atoms with E-state index in [4.69, 9.17) is 18.9 Å². The smallest absolute Gasteiger partial charge is 0.341 e. The summed E-state index contributed by atoms with van der Waals surface area (Å²) in [6, 6.07) is 11.9. The topological polar surface area (TPSA) is 125 Å². The number of nitrogens with one attached hydrogen (secondary N) is 2. The summed E-state index contributed by atoms with van der Waals surface area (Å²) in [6.45, 7) is 8.64. The van der Waals surface area contributed by atoms with Gasteiger partial charge in [0, 0.05) is 10.4 Å². The van der Waals surface area contributed by atoms with E-state index in [-0.39, 0.29) is 12.5 Å². The Morgan fingerprint density at radius 2 is 1.75 bits per heavy atom. The second-order valence-corrected chi connectivity index (χ2v) is 11.2. The van der Waals surface area contributed by atoms with Crippen LogP contribution in [0.4, 0.5) is 5.00 Å². The molecule has 4 rings (SSSR count). The third-order valence-corrected chi connectivity index (χ3v) is 8.00. The minimum Gasteiger partial charge on any atom is -0.490 e. The fourth-order valence-electron chi connectivity index (χ4n) is 4.66. The Hall–Kier alpha value is -4.38. The summed E-state index contributed by atoms with van der Waals surface area (Å²) >= 11 is 1.44. The lowest BCUT2D eigenvalue weighted by molar-refractivity contribution is -0.127. The van der Waals surface area contributed by atoms with E-state index in [1.54, 1.807) is 44.2 Å². The molecule has 1 aliphatic rings. The van der Waals surface area contributed by atoms with Gasteiger partial charge in [-0.2, -0.15) is 5.10 Å². The molecule has 2 N–H and O–H groups in total. The molecule has 0 spiro atoms. The molecule has 44 heavy (non-hydrogen) atoms. The van der Waals surface area contributed by atoms with Crippen LogP contribution in [0, 0.1) is 0 Å². The summed E-state index contributed by atoms with van der Waals surface area (Å²) in [7, 11) is 0. The van der Waals surface area contributed by atoms with E-state index in [1.165, 1.54) is 17.6 Å². The molecule has 0 unspecified atom stereocenters. The van der Waals surface area contributed by atoms with Crippen LogP contribution in [0.1, 0.15) is 83.7 Å². The SMILES string of the molecule is CCCOc1ccc(/C=N\NC(=O)[C@@H](C)Oc2ccc(C(=O)Nc3sc4c(c3C(=O)OCC)CCCC4)cc2)cc1OCC. The summed E-state index contributed by atoms with van der Waals surface area (Å²) in [5.74, 6) is 0.484. The van der Waals surface area contributed by atoms with Gasteiger partial charge in [-0.25, -0.2) is 10.2 Å². The first-order valence-corrected chi connectivity index (χ1v) is 15.8. The van der Waals surface area contributed by atoms with Crippen molar-refractivity contribution in [3.05, 3.63) is 69.6 Å². The Morgan fingerprint density at radius 3 is 2.48 bits per heavy atom. The Labute approximate surface area is 261 Å². The molecule has 1 aromatic heterocycles. The van der Waals surface area contributed by atoms with Gasteiger partial charge in [0.25, 0.3) is 11.8 Å². The monoisotopic (exact) mass is 621 g/mol. The van der Waals surface area contributed by atoms with E-state index in [9.17, 15) is 14.4 Å². The number of amides is 2. The van der Waals surface area contributed by atoms with Crippen LogP contribution in [0.25, 0.3) is 0 Å². The van der Waals surface area contributed by atoms with Crippen molar-refractivity contribution in [3.8, 4) is 17.2 Å². The average molecular weight is 622 g/mol. The number of aryl methyl sites for hydroxylation is 1. The van der Waals surface area contributed by atoms with Crippen LogP contribution in [0.15, 0.2) is 47.6 Å². The Balaban J connectivity index is 1.33. The van der Waals surface area contributed by atoms with E-state index in [1.807, 2.05) is 26.0 Å². The van der Waals surface area contributed by atoms with Crippen LogP contribution in [0.5, 0.6) is 17.2 Å². The number of carbonyl (C=O) groups is 3. The molecule has 0 radical (unpaired) electrons. The largest absolute Gasteiger partial charge is 0.490 e. The molecule has 0 fully saturated rings. The van der Waals surface area contributed by atoms with E-state index in [0.29, 0.717) is 46.6 Å². The minimum absolute atomic E-state index is 0.263. The van der Waals surface area contributed by atoms with Gasteiger partial charge >= 0.3 is 5.97 Å². The summed E-state index contributed by atoms with van der Waals surface area (Å²) in [4.78, 5) is 39.5. The zero-order valence-electron chi connectivity index (χ0n) is 25.6. The molecule has 0 bridgehead atoms. The zero-order chi connectivity index (χ0) is 31.5. The molecule has 10 nitrogen and oxygen atoms in total. The van der Waals surface area contributed by atoms with E-state index in [0.717, 1.165) is 48.1 Å². The first-order valence-electron chi connectivity index (χ1n) is 15.0. The molecule has 1 heterocycles. The summed E-state index contributed by atoms with van der Waals surface area (Å²) in [6.07, 6.45) is 5.31. The van der Waals surface area contributed by atoms with Crippen LogP contribution in [-0.2, 0) is 22.4 Å². The molecule has 0 saturated heterocycles. The number of hydrogen-bond acceptors (Lipinski definition) is 9. The summed E-state index contributed by atoms with van der Waals surface area (Å²) in [5, 5.41) is 7.46. The van der Waals surface area contributed by atoms with Gasteiger partial charge in [0.1, 0.15) is 10.8 Å². The van der Waals surface area contributed by atoms with Crippen LogP contribution in [0.2, 0.25) is 0 Å². The molecule has 1 aliphatic carbocycles. The van der Waals surface area contributed by atoms with E-state index in [2.05, 4.69) is 15.8 Å². The fourth-order valence-corrected chi connectivity index (χ4v) is 5.93. The van der Waals surface area contributed by atoms with Crippen LogP contribution in [-0.4, -0.2) is 49.9 Å². The highest BCUT2D eigenvalue weighted by molar-refractivity contribution is 7.17. The lowest BCUT2D eigenvalue weighted by Crippen LogP contribution is -2.33. The average Bonchev–Trinajstić information content (AvgIpc) is 3.39. The fraction of sp³-hybridized carbons (Fsp3) is 0.394. The number of nitrogens with zero attached hydrogens (tertiary/aromatic N) is 1. The number of rotatable bonds is 14. The molecule has 2 aromatic carbocycles. The van der Waals surface area contributed by atoms with Crippen LogP contribution >= 0.6 is 11.3 Å². The van der Waals surface area contributed by atoms with Crippen molar-refractivity contribution >= 4 is 40.3 Å². The number of esters is 1. The first kappa shape index (κ1) is 32.5. The molecule has 2 amide bonds. The van der Waals surface area contributed by atoms with Gasteiger partial charge in [-0.1, -0.05) is 6.92 Å². The van der Waals surface area contributed by atoms with Gasteiger partial charge in [0.15, 0.2) is 17.6 Å². The molecular weight excluding hydrogens is 582 g/mol. The minimum atomic E-state index is -0.847. The lowest BCUT2D eigenvalue weighted by Gasteiger charge is -2.14. The van der Waals surface area contributed by atoms with Crippen molar-refractivity contribution in [2.24, 2.45) is 5.10 Å². The number of fused-ring (bicyclic) bond motifs is 1. The van der Waals surface area contributed by atoms with Gasteiger partial charge < -0.3 is 24.3 Å². The number of thiophene rings is 1. The van der Waals surface area contributed by atoms with Crippen molar-refractivity contribution in [3.63, 3.8) is 0 Å². The van der Waals surface area contributed by atoms with Crippen LogP contribution < -0.4 is 25.0 Å². The number of hydrogen-bond donors (Lipinski definition) is 2. The number of anilines is 1. The third kappa shape index (κ3) is 8.37. The lowest BCUT2D eigenvalue weighted by atomic mass is 9.95. The Morgan fingerprint density at radius 1 is 0.977 bits per heavy atom. The summed E-state index contributed by atoms with van der Waals surface area (Å²) in [5.41, 5.74) is 5.06. The number of benzene rings is 2. The summed E-state index contributed by atoms with van der Waals surface area (Å²) < 4.78 is 22.4. The van der Waals surface area contributed by atoms with Gasteiger partial charge in [-0.3, -0.25) is 9.59 Å². The van der Waals surface area contributed by atoms with E-state index >= 15 is 0 Å². The van der Waals surface area contributed by atoms with Crippen molar-refractivity contribution in [2.45, 2.75) is 65.9 Å². The Bertz CT molecular complexity index is 1480. The Kier molecular flexibility index (Phi) is 11.8. The quantitative estimate of drug-likeness (QED) is 0.125. The highest BCUT2D eigenvalue weighted by Gasteiger charge is 2.27. The maximum Gasteiger partial charge on any atom is 0.341 e. The van der Waals surface area contributed by atoms with Gasteiger partial charge in [-0.15, -0.1) is 11.3 Å². The second kappa shape index (κ2) is 15.9. The maximum atomic E-state index is 13.1. The standard InChI is InChI=1S/C33H39N3O7S/c1-5-18-42-26-17-12-22(19-27(26)40-6-2)20-34-36-30(37)21(4)43-24-15-13-23(14-16-24)31(38)35-32-29(33(39)41-7-3)25-10-8-9-11-28(25)44-32/h12-17,19-21H,5-11,18H2,1-4H3,(H,35,38)(H,36,37)/b34-20-/t21-/m1/s1. The van der Waals surface area contributed by atoms with Crippen LogP contribution in [0.3, 0.4) is 0 Å². The first-order chi connectivity index (χ1) is 21.3. The molecule has 0 aliphatic heterocycles. The number of ether oxygens (including phenoxy) is 4. The third-order valence-electron chi connectivity index (χ3n) is 6.79. The zero-order valence-corrected chi connectivity index (χ0v) is 26.4. The number of hydrazone groups is 1. The van der Waals surface area contributed by atoms with Crippen molar-refractivity contribution in [1.29, 1.82) is 0 Å². The molecule has 0 saturated carbocycles.